The lowest BCUT2D eigenvalue weighted by Gasteiger charge is -2.14. The molecule has 0 aliphatic carbocycles. The number of sulfonamides is 1. The highest BCUT2D eigenvalue weighted by Gasteiger charge is 2.20. The van der Waals surface area contributed by atoms with Gasteiger partial charge in [0.1, 0.15) is 28.5 Å². The lowest BCUT2D eigenvalue weighted by atomic mass is 10.3. The minimum atomic E-state index is -3.77. The fraction of sp³-hybridized carbons (Fsp3) is 0.350. The first-order valence-corrected chi connectivity index (χ1v) is 11.4. The summed E-state index contributed by atoms with van der Waals surface area (Å²) in [5.74, 6) is 1.98. The summed E-state index contributed by atoms with van der Waals surface area (Å²) in [5.41, 5.74) is 0.878. The number of nitrogens with one attached hydrogen (secondary N) is 2. The summed E-state index contributed by atoms with van der Waals surface area (Å²) in [6.45, 7) is 6.84. The first-order valence-electron chi connectivity index (χ1n) is 9.90. The number of benzene rings is 1. The van der Waals surface area contributed by atoms with Gasteiger partial charge in [0, 0.05) is 31.4 Å². The Labute approximate surface area is 181 Å². The van der Waals surface area contributed by atoms with E-state index in [0.717, 1.165) is 5.69 Å². The lowest BCUT2D eigenvalue weighted by molar-refractivity contribution is 0.317. The molecule has 0 spiro atoms. The molecular formula is C20H26N6O4S. The van der Waals surface area contributed by atoms with Crippen LogP contribution in [0.1, 0.15) is 19.5 Å². The Bertz CT molecular complexity index is 1120. The predicted octanol–water partition coefficient (Wildman–Crippen LogP) is 2.16. The molecule has 3 aromatic rings. The van der Waals surface area contributed by atoms with Crippen LogP contribution in [0.4, 0.5) is 5.82 Å². The summed E-state index contributed by atoms with van der Waals surface area (Å²) in [6, 6.07) is 8.29. The van der Waals surface area contributed by atoms with E-state index in [4.69, 9.17) is 9.47 Å². The summed E-state index contributed by atoms with van der Waals surface area (Å²) < 4.78 is 40.7. The SMILES string of the molecule is CCOc1ccc(S(=O)(=O)NCCNc2cc(-n3ccc(C)n3)ncn2)c(OCC)c1. The topological polar surface area (TPSA) is 120 Å². The average Bonchev–Trinajstić information content (AvgIpc) is 3.18. The van der Waals surface area contributed by atoms with Gasteiger partial charge in [-0.05, 0) is 39.0 Å². The van der Waals surface area contributed by atoms with Crippen LogP contribution in [0, 0.1) is 6.92 Å². The van der Waals surface area contributed by atoms with E-state index >= 15 is 0 Å². The molecule has 3 rings (SSSR count). The van der Waals surface area contributed by atoms with Crippen LogP contribution in [-0.4, -0.2) is 54.5 Å². The zero-order valence-electron chi connectivity index (χ0n) is 17.7. The van der Waals surface area contributed by atoms with Gasteiger partial charge < -0.3 is 14.8 Å². The van der Waals surface area contributed by atoms with Crippen LogP contribution in [-0.2, 0) is 10.0 Å². The van der Waals surface area contributed by atoms with Crippen LogP contribution >= 0.6 is 0 Å². The molecule has 2 aromatic heterocycles. The van der Waals surface area contributed by atoms with E-state index in [9.17, 15) is 8.42 Å². The quantitative estimate of drug-likeness (QED) is 0.430. The molecule has 0 unspecified atom stereocenters. The third-order valence-electron chi connectivity index (χ3n) is 4.15. The van der Waals surface area contributed by atoms with E-state index in [2.05, 4.69) is 25.1 Å². The van der Waals surface area contributed by atoms with Crippen molar-refractivity contribution in [1.82, 2.24) is 24.5 Å². The van der Waals surface area contributed by atoms with Crippen molar-refractivity contribution in [3.05, 3.63) is 48.5 Å². The van der Waals surface area contributed by atoms with Gasteiger partial charge in [-0.2, -0.15) is 5.10 Å². The molecule has 2 heterocycles. The highest BCUT2D eigenvalue weighted by molar-refractivity contribution is 7.89. The molecule has 11 heteroatoms. The van der Waals surface area contributed by atoms with E-state index in [1.807, 2.05) is 26.1 Å². The molecule has 166 valence electrons. The summed E-state index contributed by atoms with van der Waals surface area (Å²) >= 11 is 0. The molecule has 0 fully saturated rings. The zero-order valence-corrected chi connectivity index (χ0v) is 18.5. The molecule has 0 radical (unpaired) electrons. The van der Waals surface area contributed by atoms with Crippen molar-refractivity contribution >= 4 is 15.8 Å². The molecule has 0 atom stereocenters. The largest absolute Gasteiger partial charge is 0.494 e. The van der Waals surface area contributed by atoms with Crippen molar-refractivity contribution in [3.8, 4) is 17.3 Å². The lowest BCUT2D eigenvalue weighted by Crippen LogP contribution is -2.29. The van der Waals surface area contributed by atoms with E-state index in [-0.39, 0.29) is 17.2 Å². The number of anilines is 1. The maximum atomic E-state index is 12.8. The molecule has 2 N–H and O–H groups in total. The van der Waals surface area contributed by atoms with Crippen LogP contribution in [0.5, 0.6) is 11.5 Å². The molecule has 0 amide bonds. The number of aromatic nitrogens is 4. The minimum Gasteiger partial charge on any atom is -0.494 e. The van der Waals surface area contributed by atoms with Crippen molar-refractivity contribution in [2.75, 3.05) is 31.6 Å². The van der Waals surface area contributed by atoms with Gasteiger partial charge in [-0.15, -0.1) is 0 Å². The van der Waals surface area contributed by atoms with E-state index in [0.29, 0.717) is 37.1 Å². The molecule has 0 aliphatic rings. The van der Waals surface area contributed by atoms with E-state index in [1.165, 1.54) is 12.4 Å². The van der Waals surface area contributed by atoms with Gasteiger partial charge in [-0.3, -0.25) is 0 Å². The van der Waals surface area contributed by atoms with Crippen LogP contribution in [0.2, 0.25) is 0 Å². The Morgan fingerprint density at radius 3 is 2.55 bits per heavy atom. The van der Waals surface area contributed by atoms with Gasteiger partial charge in [0.05, 0.1) is 18.9 Å². The average molecular weight is 447 g/mol. The molecule has 0 saturated carbocycles. The minimum absolute atomic E-state index is 0.0659. The fourth-order valence-corrected chi connectivity index (χ4v) is 3.96. The van der Waals surface area contributed by atoms with Crippen LogP contribution < -0.4 is 19.5 Å². The van der Waals surface area contributed by atoms with Crippen molar-refractivity contribution in [2.24, 2.45) is 0 Å². The third kappa shape index (κ3) is 5.92. The van der Waals surface area contributed by atoms with Gasteiger partial charge in [0.2, 0.25) is 10.0 Å². The second-order valence-corrected chi connectivity index (χ2v) is 8.20. The normalized spacial score (nSPS) is 11.3. The second kappa shape index (κ2) is 10.2. The number of nitrogens with zero attached hydrogens (tertiary/aromatic N) is 4. The molecule has 0 saturated heterocycles. The molecule has 0 bridgehead atoms. The Balaban J connectivity index is 1.61. The first-order chi connectivity index (χ1) is 14.9. The Hall–Kier alpha value is -3.18. The molecule has 1 aromatic carbocycles. The summed E-state index contributed by atoms with van der Waals surface area (Å²) in [6.07, 6.45) is 3.23. The van der Waals surface area contributed by atoms with Crippen LogP contribution in [0.15, 0.2) is 47.8 Å². The Morgan fingerprint density at radius 2 is 1.84 bits per heavy atom. The fourth-order valence-electron chi connectivity index (χ4n) is 2.80. The third-order valence-corrected chi connectivity index (χ3v) is 5.65. The van der Waals surface area contributed by atoms with Gasteiger partial charge >= 0.3 is 0 Å². The van der Waals surface area contributed by atoms with Crippen LogP contribution in [0.25, 0.3) is 5.82 Å². The molecular weight excluding hydrogens is 420 g/mol. The second-order valence-electron chi connectivity index (χ2n) is 6.46. The monoisotopic (exact) mass is 446 g/mol. The van der Waals surface area contributed by atoms with Crippen molar-refractivity contribution in [3.63, 3.8) is 0 Å². The first kappa shape index (κ1) is 22.5. The standard InChI is InChI=1S/C20H26N6O4S/c1-4-29-16-6-7-18(17(12-16)30-5-2)31(27,28)24-10-9-21-19-13-20(23-14-22-19)26-11-8-15(3)25-26/h6-8,11-14,24H,4-5,9-10H2,1-3H3,(H,21,22,23). The van der Waals surface area contributed by atoms with Crippen molar-refractivity contribution in [2.45, 2.75) is 25.7 Å². The van der Waals surface area contributed by atoms with E-state index in [1.54, 1.807) is 29.8 Å². The molecule has 10 nitrogen and oxygen atoms in total. The molecule has 0 aliphatic heterocycles. The maximum absolute atomic E-state index is 12.8. The Kier molecular flexibility index (Phi) is 7.42. The number of aryl methyl sites for hydroxylation is 1. The number of rotatable bonds is 11. The van der Waals surface area contributed by atoms with E-state index < -0.39 is 10.0 Å². The number of hydrogen-bond donors (Lipinski definition) is 2. The number of hydrogen-bond acceptors (Lipinski definition) is 8. The highest BCUT2D eigenvalue weighted by atomic mass is 32.2. The van der Waals surface area contributed by atoms with Gasteiger partial charge in [-0.25, -0.2) is 27.8 Å². The van der Waals surface area contributed by atoms with Crippen LogP contribution in [0.3, 0.4) is 0 Å². The predicted molar refractivity (Wildman–Crippen MR) is 116 cm³/mol. The number of ether oxygens (including phenoxy) is 2. The summed E-state index contributed by atoms with van der Waals surface area (Å²) in [7, 11) is -3.77. The Morgan fingerprint density at radius 1 is 1.03 bits per heavy atom. The van der Waals surface area contributed by atoms with Crippen molar-refractivity contribution in [1.29, 1.82) is 0 Å². The van der Waals surface area contributed by atoms with Gasteiger partial charge in [-0.1, -0.05) is 0 Å². The summed E-state index contributed by atoms with van der Waals surface area (Å²) in [5, 5.41) is 7.39. The van der Waals surface area contributed by atoms with Gasteiger partial charge in [0.15, 0.2) is 5.82 Å². The van der Waals surface area contributed by atoms with Gasteiger partial charge in [0.25, 0.3) is 0 Å². The molecule has 31 heavy (non-hydrogen) atoms. The van der Waals surface area contributed by atoms with Crippen molar-refractivity contribution < 1.29 is 17.9 Å². The smallest absolute Gasteiger partial charge is 0.244 e. The summed E-state index contributed by atoms with van der Waals surface area (Å²) in [4.78, 5) is 8.41. The zero-order chi connectivity index (χ0) is 22.3. The maximum Gasteiger partial charge on any atom is 0.244 e. The highest BCUT2D eigenvalue weighted by Crippen LogP contribution is 2.28.